The van der Waals surface area contributed by atoms with Crippen molar-refractivity contribution in [2.45, 2.75) is 30.1 Å². The van der Waals surface area contributed by atoms with Crippen LogP contribution in [0.1, 0.15) is 69.5 Å². The molecular weight excluding hydrogens is 795 g/mol. The van der Waals surface area contributed by atoms with E-state index in [-0.39, 0.29) is 5.41 Å². The van der Waals surface area contributed by atoms with Gasteiger partial charge in [0, 0.05) is 22.5 Å². The first-order chi connectivity index (χ1) is 32.5. The van der Waals surface area contributed by atoms with Crippen molar-refractivity contribution in [3.8, 4) is 33.4 Å². The third kappa shape index (κ3) is 5.17. The van der Waals surface area contributed by atoms with E-state index >= 15 is 0 Å². The number of fused-ring (bicyclic) bond motifs is 8. The highest BCUT2D eigenvalue weighted by atomic mass is 15.1. The zero-order valence-electron chi connectivity index (χ0n) is 37.1. The fraction of sp³-hybridized carbons (Fsp3) is 0.0769. The topological polar surface area (TPSA) is 3.24 Å². The van der Waals surface area contributed by atoms with Gasteiger partial charge in [-0.2, -0.15) is 0 Å². The van der Waals surface area contributed by atoms with Crippen LogP contribution >= 0.6 is 0 Å². The van der Waals surface area contributed by atoms with E-state index in [0.29, 0.717) is 0 Å². The molecule has 0 radical (unpaired) electrons. The van der Waals surface area contributed by atoms with Crippen molar-refractivity contribution >= 4 is 17.1 Å². The summed E-state index contributed by atoms with van der Waals surface area (Å²) >= 11 is 0. The van der Waals surface area contributed by atoms with E-state index in [9.17, 15) is 0 Å². The minimum absolute atomic E-state index is 0.104. The van der Waals surface area contributed by atoms with Gasteiger partial charge in [-0.1, -0.05) is 226 Å². The smallest absolute Gasteiger partial charge is 0.0720 e. The second-order valence-electron chi connectivity index (χ2n) is 18.7. The number of nitrogens with zero attached hydrogens (tertiary/aromatic N) is 1. The Labute approximate surface area is 388 Å². The van der Waals surface area contributed by atoms with E-state index in [2.05, 4.69) is 267 Å². The SMILES string of the molecule is CC1(C)c2ccccc2-c2ccc(N(c3ccccc3)c3ccc(-c4ccccc4C4(c5ccccc5)c5ccccc5C5(c6ccccc6)c6ccccc6-c6cccc4c65)cc3)cc21. The number of rotatable bonds is 7. The Kier molecular flexibility index (Phi) is 8.45. The van der Waals surface area contributed by atoms with Crippen molar-refractivity contribution in [2.24, 2.45) is 0 Å². The Bertz CT molecular complexity index is 3500. The Morgan fingerprint density at radius 3 is 1.35 bits per heavy atom. The van der Waals surface area contributed by atoms with E-state index in [0.717, 1.165) is 17.1 Å². The maximum atomic E-state index is 2.43. The Morgan fingerprint density at radius 2 is 0.697 bits per heavy atom. The molecule has 1 heteroatoms. The Balaban J connectivity index is 1.02. The van der Waals surface area contributed by atoms with Crippen molar-refractivity contribution in [3.63, 3.8) is 0 Å². The molecule has 0 N–H and O–H groups in total. The molecule has 1 nitrogen and oxygen atoms in total. The van der Waals surface area contributed by atoms with Crippen LogP contribution < -0.4 is 4.90 Å². The summed E-state index contributed by atoms with van der Waals surface area (Å²) in [6.07, 6.45) is 0. The molecule has 66 heavy (non-hydrogen) atoms. The van der Waals surface area contributed by atoms with Crippen molar-refractivity contribution in [3.05, 3.63) is 304 Å². The summed E-state index contributed by atoms with van der Waals surface area (Å²) in [5, 5.41) is 0. The lowest BCUT2D eigenvalue weighted by atomic mass is 9.51. The molecule has 312 valence electrons. The van der Waals surface area contributed by atoms with Gasteiger partial charge in [0.15, 0.2) is 0 Å². The predicted octanol–water partition coefficient (Wildman–Crippen LogP) is 16.2. The molecular formula is C65H47N. The van der Waals surface area contributed by atoms with Crippen molar-refractivity contribution in [1.29, 1.82) is 0 Å². The molecule has 13 rings (SSSR count). The van der Waals surface area contributed by atoms with Crippen LogP contribution in [0.3, 0.4) is 0 Å². The average molecular weight is 842 g/mol. The molecule has 2 atom stereocenters. The van der Waals surface area contributed by atoms with Crippen LogP contribution in [-0.2, 0) is 16.2 Å². The fourth-order valence-electron chi connectivity index (χ4n) is 12.5. The van der Waals surface area contributed by atoms with Crippen LogP contribution in [0.2, 0.25) is 0 Å². The highest BCUT2D eigenvalue weighted by Gasteiger charge is 2.58. The molecule has 0 saturated heterocycles. The van der Waals surface area contributed by atoms with E-state index in [1.54, 1.807) is 0 Å². The van der Waals surface area contributed by atoms with Gasteiger partial charge in [-0.05, 0) is 125 Å². The first kappa shape index (κ1) is 38.5. The van der Waals surface area contributed by atoms with Crippen LogP contribution in [0.5, 0.6) is 0 Å². The maximum Gasteiger partial charge on any atom is 0.0720 e. The summed E-state index contributed by atoms with van der Waals surface area (Å²) in [6.45, 7) is 4.72. The highest BCUT2D eigenvalue weighted by Crippen LogP contribution is 2.66. The molecule has 0 fully saturated rings. The maximum absolute atomic E-state index is 2.43. The van der Waals surface area contributed by atoms with Crippen molar-refractivity contribution < 1.29 is 0 Å². The first-order valence-electron chi connectivity index (χ1n) is 23.3. The van der Waals surface area contributed by atoms with E-state index in [1.165, 1.54) is 89.0 Å². The molecule has 0 aromatic heterocycles. The minimum Gasteiger partial charge on any atom is -0.310 e. The van der Waals surface area contributed by atoms with Crippen LogP contribution in [-0.4, -0.2) is 0 Å². The van der Waals surface area contributed by atoms with Crippen molar-refractivity contribution in [2.75, 3.05) is 4.90 Å². The molecule has 0 amide bonds. The average Bonchev–Trinajstić information content (AvgIpc) is 3.82. The third-order valence-corrected chi connectivity index (χ3v) is 15.2. The molecule has 10 aromatic carbocycles. The predicted molar refractivity (Wildman–Crippen MR) is 273 cm³/mol. The third-order valence-electron chi connectivity index (χ3n) is 15.2. The molecule has 0 spiro atoms. The standard InChI is InChI=1S/C65H47N/c1-63(2)55-31-15-13-28-51(55)53-42-41-49(43-61(53)63)66(47-25-10-5-11-26-47)48-39-37-44(38-40-48)50-27-12-16-32-56(50)64(45-21-6-3-7-22-45)58-34-18-19-35-59(58)65(46-23-8-4-9-24-46)57-33-17-14-29-52(57)54-30-20-36-60(64)62(54)65/h3-43H,1-2H3. The second-order valence-corrected chi connectivity index (χ2v) is 18.7. The molecule has 3 aliphatic carbocycles. The molecule has 0 bridgehead atoms. The number of hydrogen-bond donors (Lipinski definition) is 0. The van der Waals surface area contributed by atoms with Crippen LogP contribution in [0.25, 0.3) is 33.4 Å². The van der Waals surface area contributed by atoms with E-state index in [1.807, 2.05) is 0 Å². The summed E-state index contributed by atoms with van der Waals surface area (Å²) in [7, 11) is 0. The summed E-state index contributed by atoms with van der Waals surface area (Å²) in [6, 6.07) is 93.2. The van der Waals surface area contributed by atoms with Gasteiger partial charge in [-0.15, -0.1) is 0 Å². The lowest BCUT2D eigenvalue weighted by molar-refractivity contribution is 0.627. The molecule has 0 saturated carbocycles. The largest absolute Gasteiger partial charge is 0.310 e. The molecule has 0 aliphatic heterocycles. The lowest BCUT2D eigenvalue weighted by Gasteiger charge is -2.50. The molecule has 0 heterocycles. The number of anilines is 3. The van der Waals surface area contributed by atoms with Gasteiger partial charge in [-0.25, -0.2) is 0 Å². The van der Waals surface area contributed by atoms with Gasteiger partial charge < -0.3 is 4.90 Å². The van der Waals surface area contributed by atoms with E-state index in [4.69, 9.17) is 0 Å². The highest BCUT2D eigenvalue weighted by molar-refractivity contribution is 5.93. The number of para-hydroxylation sites is 1. The van der Waals surface area contributed by atoms with Gasteiger partial charge in [0.2, 0.25) is 0 Å². The lowest BCUT2D eigenvalue weighted by Crippen LogP contribution is -2.44. The van der Waals surface area contributed by atoms with Crippen LogP contribution in [0.4, 0.5) is 17.1 Å². The summed E-state index contributed by atoms with van der Waals surface area (Å²) in [5.74, 6) is 0. The van der Waals surface area contributed by atoms with E-state index < -0.39 is 10.8 Å². The minimum atomic E-state index is -0.649. The van der Waals surface area contributed by atoms with Crippen molar-refractivity contribution in [1.82, 2.24) is 0 Å². The van der Waals surface area contributed by atoms with Gasteiger partial charge in [0.05, 0.1) is 10.8 Å². The van der Waals surface area contributed by atoms with Crippen LogP contribution in [0, 0.1) is 0 Å². The zero-order valence-corrected chi connectivity index (χ0v) is 37.1. The van der Waals surface area contributed by atoms with Crippen LogP contribution in [0.15, 0.2) is 249 Å². The van der Waals surface area contributed by atoms with Gasteiger partial charge >= 0.3 is 0 Å². The quantitative estimate of drug-likeness (QED) is 0.155. The fourth-order valence-corrected chi connectivity index (χ4v) is 12.5. The Hall–Kier alpha value is -8.00. The second kappa shape index (κ2) is 14.5. The Morgan fingerprint density at radius 1 is 0.273 bits per heavy atom. The molecule has 3 aliphatic rings. The molecule has 2 unspecified atom stereocenters. The summed E-state index contributed by atoms with van der Waals surface area (Å²) < 4.78 is 0. The zero-order chi connectivity index (χ0) is 44.0. The van der Waals surface area contributed by atoms with Gasteiger partial charge in [-0.3, -0.25) is 0 Å². The van der Waals surface area contributed by atoms with Gasteiger partial charge in [0.25, 0.3) is 0 Å². The molecule has 10 aromatic rings. The number of benzene rings is 10. The number of hydrogen-bond acceptors (Lipinski definition) is 1. The summed E-state index contributed by atoms with van der Waals surface area (Å²) in [4.78, 5) is 2.41. The monoisotopic (exact) mass is 841 g/mol. The van der Waals surface area contributed by atoms with Gasteiger partial charge in [0.1, 0.15) is 0 Å². The normalized spacial score (nSPS) is 17.8. The first-order valence-corrected chi connectivity index (χ1v) is 23.3. The summed E-state index contributed by atoms with van der Waals surface area (Å²) in [5.41, 5.74) is 23.0.